The molecule has 28 heavy (non-hydrogen) atoms. The third-order valence-electron chi connectivity index (χ3n) is 5.06. The van der Waals surface area contributed by atoms with E-state index in [9.17, 15) is 4.79 Å². The van der Waals surface area contributed by atoms with Crippen molar-refractivity contribution in [2.45, 2.75) is 45.6 Å². The Labute approximate surface area is 173 Å². The Balaban J connectivity index is 1.48. The Kier molecular flexibility index (Phi) is 5.62. The van der Waals surface area contributed by atoms with Gasteiger partial charge in [-0.25, -0.2) is 4.68 Å². The van der Waals surface area contributed by atoms with Crippen molar-refractivity contribution in [2.75, 3.05) is 6.54 Å². The summed E-state index contributed by atoms with van der Waals surface area (Å²) in [7, 11) is 0. The minimum absolute atomic E-state index is 0.0801. The van der Waals surface area contributed by atoms with Crippen molar-refractivity contribution in [3.8, 4) is 5.69 Å². The maximum Gasteiger partial charge on any atom is 0.272 e. The molecule has 2 heterocycles. The van der Waals surface area contributed by atoms with E-state index < -0.39 is 0 Å². The fourth-order valence-corrected chi connectivity index (χ4v) is 4.11. The quantitative estimate of drug-likeness (QED) is 0.590. The number of aromatic nitrogens is 4. The van der Waals surface area contributed by atoms with E-state index in [0.29, 0.717) is 12.2 Å². The van der Waals surface area contributed by atoms with Crippen LogP contribution in [0.1, 0.15) is 46.6 Å². The summed E-state index contributed by atoms with van der Waals surface area (Å²) in [5.41, 5.74) is 4.98. The van der Waals surface area contributed by atoms with Gasteiger partial charge in [-0.3, -0.25) is 9.48 Å². The van der Waals surface area contributed by atoms with E-state index in [-0.39, 0.29) is 5.91 Å². The number of fused-ring (bicyclic) bond motifs is 1. The summed E-state index contributed by atoms with van der Waals surface area (Å²) in [5.74, 6) is -0.0801. The Morgan fingerprint density at radius 2 is 2.14 bits per heavy atom. The molecule has 6 nitrogen and oxygen atoms in total. The Morgan fingerprint density at radius 1 is 1.29 bits per heavy atom. The highest BCUT2D eigenvalue weighted by atomic mass is 79.9. The molecule has 0 atom stereocenters. The normalized spacial score (nSPS) is 13.4. The first-order valence-corrected chi connectivity index (χ1v) is 10.5. The third kappa shape index (κ3) is 4.04. The molecule has 0 bridgehead atoms. The summed E-state index contributed by atoms with van der Waals surface area (Å²) in [6.45, 7) is 3.42. The molecule has 0 aliphatic heterocycles. The molecule has 1 amide bonds. The largest absolute Gasteiger partial charge is 0.351 e. The summed E-state index contributed by atoms with van der Waals surface area (Å²) in [4.78, 5) is 12.8. The molecule has 1 N–H and O–H groups in total. The maximum absolute atomic E-state index is 12.8. The number of hydrogen-bond acceptors (Lipinski definition) is 3. The van der Waals surface area contributed by atoms with E-state index in [0.717, 1.165) is 59.9 Å². The molecule has 0 spiro atoms. The molecule has 1 aliphatic rings. The van der Waals surface area contributed by atoms with Crippen LogP contribution >= 0.6 is 15.9 Å². The molecule has 146 valence electrons. The second kappa shape index (κ2) is 8.31. The van der Waals surface area contributed by atoms with E-state index in [1.807, 2.05) is 52.9 Å². The van der Waals surface area contributed by atoms with E-state index in [1.54, 1.807) is 0 Å². The molecule has 0 radical (unpaired) electrons. The molecule has 1 aromatic carbocycles. The van der Waals surface area contributed by atoms with Crippen molar-refractivity contribution < 1.29 is 4.79 Å². The molecule has 2 aromatic heterocycles. The Bertz CT molecular complexity index is 991. The van der Waals surface area contributed by atoms with Crippen molar-refractivity contribution in [2.24, 2.45) is 0 Å². The van der Waals surface area contributed by atoms with Crippen LogP contribution in [0.15, 0.2) is 41.1 Å². The number of nitrogens with zero attached hydrogens (tertiary/aromatic N) is 4. The van der Waals surface area contributed by atoms with Crippen molar-refractivity contribution >= 4 is 21.8 Å². The maximum atomic E-state index is 12.8. The number of aryl methyl sites for hydroxylation is 2. The number of hydrogen-bond donors (Lipinski definition) is 1. The van der Waals surface area contributed by atoms with Gasteiger partial charge in [0.05, 0.1) is 11.9 Å². The molecule has 0 fully saturated rings. The zero-order chi connectivity index (χ0) is 19.5. The second-order valence-electron chi connectivity index (χ2n) is 7.26. The first-order valence-electron chi connectivity index (χ1n) is 9.76. The fraction of sp³-hybridized carbons (Fsp3) is 0.381. The lowest BCUT2D eigenvalue weighted by molar-refractivity contribution is 0.0946. The smallest absolute Gasteiger partial charge is 0.272 e. The molecule has 0 saturated heterocycles. The Morgan fingerprint density at radius 3 is 2.93 bits per heavy atom. The molecular weight excluding hydrogens is 418 g/mol. The van der Waals surface area contributed by atoms with Gasteiger partial charge in [0.25, 0.3) is 5.91 Å². The van der Waals surface area contributed by atoms with Crippen LogP contribution in [0.2, 0.25) is 0 Å². The SMILES string of the molecule is Cc1cnn(CCCNC(=O)c2nn(-c3cccc(Br)c3)c3c2CCCC3)c1. The summed E-state index contributed by atoms with van der Waals surface area (Å²) in [6.07, 6.45) is 8.81. The van der Waals surface area contributed by atoms with Crippen LogP contribution < -0.4 is 5.32 Å². The fourth-order valence-electron chi connectivity index (χ4n) is 3.72. The standard InChI is InChI=1S/C21H24BrN5O/c1-15-13-24-26(14-15)11-5-10-23-21(28)20-18-8-2-3-9-19(18)27(25-20)17-7-4-6-16(22)12-17/h4,6-7,12-14H,2-3,5,8-11H2,1H3,(H,23,28). The van der Waals surface area contributed by atoms with Crippen LogP contribution in [-0.4, -0.2) is 32.0 Å². The van der Waals surface area contributed by atoms with Crippen LogP contribution in [0.5, 0.6) is 0 Å². The van der Waals surface area contributed by atoms with Crippen molar-refractivity contribution in [1.29, 1.82) is 0 Å². The van der Waals surface area contributed by atoms with E-state index >= 15 is 0 Å². The minimum Gasteiger partial charge on any atom is -0.351 e. The van der Waals surface area contributed by atoms with Crippen LogP contribution in [0.25, 0.3) is 5.69 Å². The average molecular weight is 442 g/mol. The number of nitrogens with one attached hydrogen (secondary N) is 1. The van der Waals surface area contributed by atoms with E-state index in [2.05, 4.69) is 26.3 Å². The van der Waals surface area contributed by atoms with Gasteiger partial charge in [0.1, 0.15) is 0 Å². The van der Waals surface area contributed by atoms with Crippen LogP contribution in [0, 0.1) is 6.92 Å². The van der Waals surface area contributed by atoms with Gasteiger partial charge in [-0.1, -0.05) is 22.0 Å². The zero-order valence-electron chi connectivity index (χ0n) is 16.0. The van der Waals surface area contributed by atoms with Crippen molar-refractivity contribution in [3.05, 3.63) is 63.6 Å². The summed E-state index contributed by atoms with van der Waals surface area (Å²) in [5, 5.41) is 12.0. The molecule has 7 heteroatoms. The predicted molar refractivity (Wildman–Crippen MR) is 112 cm³/mol. The van der Waals surface area contributed by atoms with Gasteiger partial charge in [-0.2, -0.15) is 10.2 Å². The zero-order valence-corrected chi connectivity index (χ0v) is 17.6. The van der Waals surface area contributed by atoms with Gasteiger partial charge in [0.15, 0.2) is 5.69 Å². The summed E-state index contributed by atoms with van der Waals surface area (Å²) >= 11 is 3.53. The summed E-state index contributed by atoms with van der Waals surface area (Å²) < 4.78 is 4.86. The second-order valence-corrected chi connectivity index (χ2v) is 8.18. The average Bonchev–Trinajstić information content (AvgIpc) is 3.29. The number of carbonyl (C=O) groups is 1. The Hall–Kier alpha value is -2.41. The molecule has 0 unspecified atom stereocenters. The highest BCUT2D eigenvalue weighted by Gasteiger charge is 2.25. The van der Waals surface area contributed by atoms with Crippen molar-refractivity contribution in [3.63, 3.8) is 0 Å². The first-order chi connectivity index (χ1) is 13.6. The minimum atomic E-state index is -0.0801. The number of carbonyl (C=O) groups excluding carboxylic acids is 1. The van der Waals surface area contributed by atoms with Crippen LogP contribution in [0.3, 0.4) is 0 Å². The van der Waals surface area contributed by atoms with Gasteiger partial charge in [0.2, 0.25) is 0 Å². The van der Waals surface area contributed by atoms with Gasteiger partial charge in [-0.15, -0.1) is 0 Å². The van der Waals surface area contributed by atoms with Gasteiger partial charge in [0, 0.05) is 35.0 Å². The third-order valence-corrected chi connectivity index (χ3v) is 5.55. The highest BCUT2D eigenvalue weighted by Crippen LogP contribution is 2.27. The lowest BCUT2D eigenvalue weighted by Crippen LogP contribution is -2.27. The molecule has 0 saturated carbocycles. The number of rotatable bonds is 6. The number of halogens is 1. The van der Waals surface area contributed by atoms with Crippen LogP contribution in [0.4, 0.5) is 0 Å². The highest BCUT2D eigenvalue weighted by molar-refractivity contribution is 9.10. The first kappa shape index (κ1) is 18.9. The molecule has 3 aromatic rings. The molecular formula is C21H24BrN5O. The van der Waals surface area contributed by atoms with Gasteiger partial charge in [-0.05, 0) is 62.8 Å². The monoisotopic (exact) mass is 441 g/mol. The molecule has 4 rings (SSSR count). The predicted octanol–water partition coefficient (Wildman–Crippen LogP) is 3.84. The van der Waals surface area contributed by atoms with Crippen LogP contribution in [-0.2, 0) is 19.4 Å². The van der Waals surface area contributed by atoms with Crippen molar-refractivity contribution in [1.82, 2.24) is 24.9 Å². The summed E-state index contributed by atoms with van der Waals surface area (Å²) in [6, 6.07) is 8.05. The molecule has 1 aliphatic carbocycles. The van der Waals surface area contributed by atoms with Gasteiger partial charge >= 0.3 is 0 Å². The lowest BCUT2D eigenvalue weighted by Gasteiger charge is -2.14. The topological polar surface area (TPSA) is 64.7 Å². The van der Waals surface area contributed by atoms with E-state index in [1.165, 1.54) is 5.69 Å². The lowest BCUT2D eigenvalue weighted by atomic mass is 9.95. The van der Waals surface area contributed by atoms with Gasteiger partial charge < -0.3 is 5.32 Å². The van der Waals surface area contributed by atoms with E-state index in [4.69, 9.17) is 5.10 Å². The number of amides is 1. The number of benzene rings is 1.